The van der Waals surface area contributed by atoms with Gasteiger partial charge in [0.05, 0.1) is 12.8 Å². The lowest BCUT2D eigenvalue weighted by atomic mass is 9.47. The number of carbonyl (C=O) groups excluding carboxylic acids is 2. The highest BCUT2D eigenvalue weighted by atomic mass is 16.5. The van der Waals surface area contributed by atoms with Gasteiger partial charge in [0.15, 0.2) is 5.78 Å². The van der Waals surface area contributed by atoms with Crippen LogP contribution in [-0.4, -0.2) is 28.9 Å². The van der Waals surface area contributed by atoms with Gasteiger partial charge in [-0.15, -0.1) is 0 Å². The molecule has 28 heavy (non-hydrogen) atoms. The zero-order valence-electron chi connectivity index (χ0n) is 17.0. The Bertz CT molecular complexity index is 725. The molecule has 3 fully saturated rings. The SMILES string of the molecule is C[C@]12CCC(=O)C=C1CCC1C2CC[C@@]2(C)C1CC[C@@H]2OC(=O)CCC(=O)O. The number of carboxylic acid groups (broad SMARTS) is 1. The fraction of sp³-hybridized carbons (Fsp3) is 0.783. The highest BCUT2D eigenvalue weighted by Crippen LogP contribution is 2.65. The number of aliphatic carboxylic acids is 1. The van der Waals surface area contributed by atoms with Crippen LogP contribution in [0, 0.1) is 28.6 Å². The Labute approximate surface area is 166 Å². The predicted molar refractivity (Wildman–Crippen MR) is 103 cm³/mol. The van der Waals surface area contributed by atoms with Gasteiger partial charge in [0, 0.05) is 11.8 Å². The van der Waals surface area contributed by atoms with Crippen molar-refractivity contribution >= 4 is 17.7 Å². The maximum atomic E-state index is 12.1. The number of carbonyl (C=O) groups is 3. The minimum atomic E-state index is -0.960. The number of esters is 1. The molecule has 5 heteroatoms. The lowest BCUT2D eigenvalue weighted by molar-refractivity contribution is -0.161. The van der Waals surface area contributed by atoms with E-state index in [9.17, 15) is 14.4 Å². The Morgan fingerprint density at radius 3 is 2.61 bits per heavy atom. The third kappa shape index (κ3) is 3.11. The van der Waals surface area contributed by atoms with E-state index in [0.717, 1.165) is 44.9 Å². The Morgan fingerprint density at radius 2 is 1.86 bits per heavy atom. The van der Waals surface area contributed by atoms with E-state index in [1.807, 2.05) is 6.08 Å². The molecule has 0 bridgehead atoms. The first-order valence-electron chi connectivity index (χ1n) is 10.9. The van der Waals surface area contributed by atoms with E-state index in [-0.39, 0.29) is 35.7 Å². The lowest BCUT2D eigenvalue weighted by Crippen LogP contribution is -2.51. The summed E-state index contributed by atoms with van der Waals surface area (Å²) in [5, 5.41) is 8.79. The third-order valence-corrected chi connectivity index (χ3v) is 8.69. The molecule has 4 aliphatic rings. The summed E-state index contributed by atoms with van der Waals surface area (Å²) in [7, 11) is 0. The lowest BCUT2D eigenvalue weighted by Gasteiger charge is -2.57. The van der Waals surface area contributed by atoms with E-state index in [2.05, 4.69) is 13.8 Å². The van der Waals surface area contributed by atoms with Crippen LogP contribution >= 0.6 is 0 Å². The molecule has 0 aromatic carbocycles. The molecule has 3 saturated carbocycles. The van der Waals surface area contributed by atoms with Crippen molar-refractivity contribution in [3.8, 4) is 0 Å². The van der Waals surface area contributed by atoms with Gasteiger partial charge in [0.25, 0.3) is 0 Å². The number of fused-ring (bicyclic) bond motifs is 5. The number of rotatable bonds is 4. The molecule has 0 heterocycles. The summed E-state index contributed by atoms with van der Waals surface area (Å²) in [6.45, 7) is 4.66. The molecule has 0 aromatic heterocycles. The standard InChI is InChI=1S/C23H32O5/c1-22-11-9-15(24)13-14(22)3-4-16-17-5-6-19(23(17,2)12-10-18(16)22)28-21(27)8-7-20(25)26/h13,16-19H,3-12H2,1-2H3,(H,25,26)/t16?,17?,18?,19-,22-,23-/m0/s1. The molecular formula is C23H32O5. The largest absolute Gasteiger partial charge is 0.481 e. The molecule has 154 valence electrons. The Hall–Kier alpha value is -1.65. The molecule has 0 aromatic rings. The topological polar surface area (TPSA) is 80.7 Å². The molecule has 0 amide bonds. The van der Waals surface area contributed by atoms with Gasteiger partial charge in [0.1, 0.15) is 6.10 Å². The molecule has 6 atom stereocenters. The van der Waals surface area contributed by atoms with Gasteiger partial charge >= 0.3 is 11.9 Å². The fourth-order valence-corrected chi connectivity index (χ4v) is 7.13. The van der Waals surface area contributed by atoms with Crippen molar-refractivity contribution in [3.05, 3.63) is 11.6 Å². The van der Waals surface area contributed by atoms with E-state index < -0.39 is 5.97 Å². The van der Waals surface area contributed by atoms with Gasteiger partial charge in [-0.2, -0.15) is 0 Å². The van der Waals surface area contributed by atoms with Crippen LogP contribution in [0.5, 0.6) is 0 Å². The normalized spacial score (nSPS) is 42.1. The summed E-state index contributed by atoms with van der Waals surface area (Å²) in [5.41, 5.74) is 1.54. The van der Waals surface area contributed by atoms with Crippen molar-refractivity contribution < 1.29 is 24.2 Å². The van der Waals surface area contributed by atoms with Gasteiger partial charge in [-0.1, -0.05) is 19.4 Å². The Balaban J connectivity index is 1.49. The van der Waals surface area contributed by atoms with E-state index in [4.69, 9.17) is 9.84 Å². The zero-order valence-corrected chi connectivity index (χ0v) is 17.0. The summed E-state index contributed by atoms with van der Waals surface area (Å²) < 4.78 is 5.80. The first kappa shape index (κ1) is 19.7. The van der Waals surface area contributed by atoms with Gasteiger partial charge < -0.3 is 9.84 Å². The fourth-order valence-electron chi connectivity index (χ4n) is 7.13. The van der Waals surface area contributed by atoms with Crippen LogP contribution in [0.4, 0.5) is 0 Å². The molecular weight excluding hydrogens is 356 g/mol. The summed E-state index contributed by atoms with van der Waals surface area (Å²) in [6.07, 6.45) is 9.62. The van der Waals surface area contributed by atoms with Crippen molar-refractivity contribution in [2.24, 2.45) is 28.6 Å². The number of carboxylic acids is 1. The molecule has 0 aliphatic heterocycles. The Morgan fingerprint density at radius 1 is 1.07 bits per heavy atom. The summed E-state index contributed by atoms with van der Waals surface area (Å²) in [4.78, 5) is 34.8. The number of ether oxygens (including phenoxy) is 1. The smallest absolute Gasteiger partial charge is 0.306 e. The van der Waals surface area contributed by atoms with Crippen molar-refractivity contribution in [2.75, 3.05) is 0 Å². The monoisotopic (exact) mass is 388 g/mol. The van der Waals surface area contributed by atoms with Crippen LogP contribution in [0.25, 0.3) is 0 Å². The van der Waals surface area contributed by atoms with Crippen molar-refractivity contribution in [1.82, 2.24) is 0 Å². The molecule has 3 unspecified atom stereocenters. The molecule has 4 rings (SSSR count). The van der Waals surface area contributed by atoms with E-state index in [0.29, 0.717) is 30.0 Å². The second kappa shape index (κ2) is 7.00. The van der Waals surface area contributed by atoms with E-state index in [1.165, 1.54) is 5.57 Å². The van der Waals surface area contributed by atoms with Gasteiger partial charge in [-0.05, 0) is 74.2 Å². The van der Waals surface area contributed by atoms with Gasteiger partial charge in [0.2, 0.25) is 0 Å². The molecule has 1 N–H and O–H groups in total. The van der Waals surface area contributed by atoms with Crippen molar-refractivity contribution in [3.63, 3.8) is 0 Å². The number of hydrogen-bond donors (Lipinski definition) is 1. The Kier molecular flexibility index (Phi) is 4.91. The average Bonchev–Trinajstić information content (AvgIpc) is 2.97. The number of allylic oxidation sites excluding steroid dienone is 1. The molecule has 0 saturated heterocycles. The molecule has 5 nitrogen and oxygen atoms in total. The molecule has 0 radical (unpaired) electrons. The maximum Gasteiger partial charge on any atom is 0.306 e. The predicted octanol–water partition coefficient (Wildman–Crippen LogP) is 4.29. The van der Waals surface area contributed by atoms with Crippen LogP contribution in [0.1, 0.15) is 78.1 Å². The van der Waals surface area contributed by atoms with Crippen LogP contribution in [-0.2, 0) is 19.1 Å². The minimum Gasteiger partial charge on any atom is -0.481 e. The van der Waals surface area contributed by atoms with E-state index in [1.54, 1.807) is 0 Å². The number of ketones is 1. The second-order valence-corrected chi connectivity index (χ2v) is 9.96. The first-order valence-corrected chi connectivity index (χ1v) is 10.9. The highest BCUT2D eigenvalue weighted by molar-refractivity contribution is 5.91. The van der Waals surface area contributed by atoms with E-state index >= 15 is 0 Å². The quantitative estimate of drug-likeness (QED) is 0.727. The van der Waals surface area contributed by atoms with Crippen LogP contribution in [0.15, 0.2) is 11.6 Å². The second-order valence-electron chi connectivity index (χ2n) is 9.96. The zero-order chi connectivity index (χ0) is 20.1. The van der Waals surface area contributed by atoms with Gasteiger partial charge in [-0.3, -0.25) is 14.4 Å². The van der Waals surface area contributed by atoms with Crippen molar-refractivity contribution in [2.45, 2.75) is 84.2 Å². The van der Waals surface area contributed by atoms with Crippen molar-refractivity contribution in [1.29, 1.82) is 0 Å². The minimum absolute atomic E-state index is 0.00210. The first-order chi connectivity index (χ1) is 13.2. The average molecular weight is 389 g/mol. The van der Waals surface area contributed by atoms with Crippen LogP contribution in [0.2, 0.25) is 0 Å². The van der Waals surface area contributed by atoms with Gasteiger partial charge in [-0.25, -0.2) is 0 Å². The van der Waals surface area contributed by atoms with Crippen LogP contribution < -0.4 is 0 Å². The maximum absolute atomic E-state index is 12.1. The summed E-state index contributed by atoms with van der Waals surface area (Å²) in [6, 6.07) is 0. The van der Waals surface area contributed by atoms with Crippen LogP contribution in [0.3, 0.4) is 0 Å². The summed E-state index contributed by atoms with van der Waals surface area (Å²) >= 11 is 0. The molecule has 4 aliphatic carbocycles. The highest BCUT2D eigenvalue weighted by Gasteiger charge is 2.59. The molecule has 0 spiro atoms. The third-order valence-electron chi connectivity index (χ3n) is 8.69. The summed E-state index contributed by atoms with van der Waals surface area (Å²) in [5.74, 6) is 0.776. The number of hydrogen-bond acceptors (Lipinski definition) is 4.